The molecule has 2 saturated heterocycles. The number of piperazine rings is 1. The van der Waals surface area contributed by atoms with Crippen LogP contribution in [0.15, 0.2) is 55.1 Å². The van der Waals surface area contributed by atoms with E-state index in [2.05, 4.69) is 52.8 Å². The number of hydrogen-bond acceptors (Lipinski definition) is 9. The van der Waals surface area contributed by atoms with E-state index in [9.17, 15) is 20.0 Å². The number of carbonyl (C=O) groups excluding carboxylic acids is 1. The Labute approximate surface area is 262 Å². The molecule has 4 heterocycles. The van der Waals surface area contributed by atoms with Crippen molar-refractivity contribution in [3.63, 3.8) is 0 Å². The second kappa shape index (κ2) is 13.0. The van der Waals surface area contributed by atoms with Gasteiger partial charge in [-0.15, -0.1) is 0 Å². The van der Waals surface area contributed by atoms with Gasteiger partial charge in [-0.05, 0) is 30.4 Å². The highest BCUT2D eigenvalue weighted by Crippen LogP contribution is 2.35. The zero-order valence-corrected chi connectivity index (χ0v) is 25.3. The molecule has 0 aliphatic carbocycles. The first-order chi connectivity index (χ1) is 21.9. The maximum Gasteiger partial charge on any atom is 0.407 e. The fraction of sp³-hybridized carbons (Fsp3) is 0.424. The predicted molar refractivity (Wildman–Crippen MR) is 168 cm³/mol. The van der Waals surface area contributed by atoms with E-state index in [0.29, 0.717) is 39.0 Å². The molecule has 12 heteroatoms. The lowest BCUT2D eigenvalue weighted by atomic mass is 10.0. The molecule has 0 radical (unpaired) electrons. The largest absolute Gasteiger partial charge is 0.465 e. The second-order valence-corrected chi connectivity index (χ2v) is 11.6. The lowest BCUT2D eigenvalue weighted by Crippen LogP contribution is -2.55. The summed E-state index contributed by atoms with van der Waals surface area (Å²) in [6.07, 6.45) is 1.48. The van der Waals surface area contributed by atoms with Gasteiger partial charge in [0.2, 0.25) is 5.91 Å². The molecule has 1 N–H and O–H groups in total. The molecule has 2 aromatic carbocycles. The number of carboxylic acid groups (broad SMARTS) is 1. The van der Waals surface area contributed by atoms with Gasteiger partial charge in [-0.25, -0.2) is 4.79 Å². The van der Waals surface area contributed by atoms with Crippen LogP contribution in [0.4, 0.5) is 16.3 Å². The average molecular weight is 612 g/mol. The van der Waals surface area contributed by atoms with Crippen LogP contribution in [0.3, 0.4) is 0 Å². The summed E-state index contributed by atoms with van der Waals surface area (Å²) in [5.74, 6) is 0.542. The van der Waals surface area contributed by atoms with Crippen LogP contribution in [0.1, 0.15) is 24.1 Å². The van der Waals surface area contributed by atoms with E-state index in [4.69, 9.17) is 19.4 Å². The molecule has 234 valence electrons. The van der Waals surface area contributed by atoms with Crippen molar-refractivity contribution in [1.29, 1.82) is 5.26 Å². The third-order valence-electron chi connectivity index (χ3n) is 9.06. The minimum absolute atomic E-state index is 0.0933. The smallest absolute Gasteiger partial charge is 0.407 e. The summed E-state index contributed by atoms with van der Waals surface area (Å²) in [4.78, 5) is 41.7. The number of rotatable bonds is 8. The molecule has 2 fully saturated rings. The third kappa shape index (κ3) is 6.08. The number of anilines is 2. The summed E-state index contributed by atoms with van der Waals surface area (Å²) in [7, 11) is 1.58. The van der Waals surface area contributed by atoms with Crippen molar-refractivity contribution >= 4 is 34.3 Å². The quantitative estimate of drug-likeness (QED) is 0.377. The number of amides is 2. The fourth-order valence-corrected chi connectivity index (χ4v) is 6.75. The number of aromatic nitrogens is 2. The number of nitriles is 1. The number of carbonyl (C=O) groups is 2. The van der Waals surface area contributed by atoms with Gasteiger partial charge in [-0.1, -0.05) is 43.0 Å². The van der Waals surface area contributed by atoms with Crippen molar-refractivity contribution in [2.24, 2.45) is 0 Å². The summed E-state index contributed by atoms with van der Waals surface area (Å²) in [6, 6.07) is 16.3. The van der Waals surface area contributed by atoms with Crippen molar-refractivity contribution in [1.82, 2.24) is 19.8 Å². The fourth-order valence-electron chi connectivity index (χ4n) is 6.75. The van der Waals surface area contributed by atoms with Crippen LogP contribution in [0.5, 0.6) is 6.01 Å². The normalized spacial score (nSPS) is 21.4. The Bertz CT molecular complexity index is 1640. The third-order valence-corrected chi connectivity index (χ3v) is 9.06. The summed E-state index contributed by atoms with van der Waals surface area (Å²) < 4.78 is 11.6. The SMILES string of the molecule is C=CC(=O)N1CCN(c2nc(OC[C@@H]3C[C@@H](OC)CN3C(=O)O)nc3c2CCN(c2cccc4ccccc24)C3)CC1CC#N. The molecule has 3 aliphatic heterocycles. The number of methoxy groups -OCH3 is 1. The van der Waals surface area contributed by atoms with E-state index in [1.807, 2.05) is 12.1 Å². The molecule has 6 rings (SSSR count). The lowest BCUT2D eigenvalue weighted by Gasteiger charge is -2.42. The zero-order valence-electron chi connectivity index (χ0n) is 25.3. The van der Waals surface area contributed by atoms with Crippen molar-refractivity contribution in [3.05, 3.63) is 66.4 Å². The van der Waals surface area contributed by atoms with Gasteiger partial charge in [0.1, 0.15) is 12.4 Å². The molecule has 12 nitrogen and oxygen atoms in total. The Morgan fingerprint density at radius 3 is 2.67 bits per heavy atom. The molecule has 3 aromatic rings. The lowest BCUT2D eigenvalue weighted by molar-refractivity contribution is -0.128. The van der Waals surface area contributed by atoms with Crippen LogP contribution < -0.4 is 14.5 Å². The van der Waals surface area contributed by atoms with Crippen LogP contribution in [-0.2, 0) is 22.5 Å². The topological polar surface area (TPSA) is 135 Å². The van der Waals surface area contributed by atoms with Gasteiger partial charge in [0.05, 0.1) is 49.5 Å². The number of hydrogen-bond donors (Lipinski definition) is 1. The second-order valence-electron chi connectivity index (χ2n) is 11.6. The Morgan fingerprint density at radius 2 is 1.89 bits per heavy atom. The zero-order chi connectivity index (χ0) is 31.5. The molecule has 0 bridgehead atoms. The van der Waals surface area contributed by atoms with E-state index in [0.717, 1.165) is 34.7 Å². The first-order valence-electron chi connectivity index (χ1n) is 15.2. The molecule has 2 amide bonds. The van der Waals surface area contributed by atoms with E-state index in [-0.39, 0.29) is 43.6 Å². The summed E-state index contributed by atoms with van der Waals surface area (Å²) in [6.45, 7) is 6.72. The molecule has 3 atom stereocenters. The molecule has 0 saturated carbocycles. The van der Waals surface area contributed by atoms with Crippen molar-refractivity contribution in [3.8, 4) is 12.1 Å². The summed E-state index contributed by atoms with van der Waals surface area (Å²) >= 11 is 0. The highest BCUT2D eigenvalue weighted by Gasteiger charge is 2.37. The molecule has 3 aliphatic rings. The first-order valence-corrected chi connectivity index (χ1v) is 15.2. The number of nitrogens with zero attached hydrogens (tertiary/aromatic N) is 7. The number of ether oxygens (including phenoxy) is 2. The Hall–Kier alpha value is -4.89. The average Bonchev–Trinajstić information content (AvgIpc) is 3.50. The van der Waals surface area contributed by atoms with Crippen molar-refractivity contribution < 1.29 is 24.2 Å². The van der Waals surface area contributed by atoms with Gasteiger partial charge in [0.15, 0.2) is 0 Å². The Kier molecular flexibility index (Phi) is 8.71. The minimum atomic E-state index is -1.02. The van der Waals surface area contributed by atoms with Crippen LogP contribution in [-0.4, -0.2) is 102 Å². The summed E-state index contributed by atoms with van der Waals surface area (Å²) in [5, 5.41) is 21.6. The van der Waals surface area contributed by atoms with Crippen LogP contribution >= 0.6 is 0 Å². The maximum atomic E-state index is 12.6. The van der Waals surface area contributed by atoms with Gasteiger partial charge in [-0.3, -0.25) is 9.69 Å². The molecule has 0 spiro atoms. The van der Waals surface area contributed by atoms with Gasteiger partial charge in [0.25, 0.3) is 0 Å². The van der Waals surface area contributed by atoms with Crippen molar-refractivity contribution in [2.45, 2.75) is 44.0 Å². The number of fused-ring (bicyclic) bond motifs is 2. The molecule has 45 heavy (non-hydrogen) atoms. The monoisotopic (exact) mass is 611 g/mol. The van der Waals surface area contributed by atoms with E-state index in [1.54, 1.807) is 12.0 Å². The first kappa shape index (κ1) is 30.1. The van der Waals surface area contributed by atoms with E-state index >= 15 is 0 Å². The van der Waals surface area contributed by atoms with Gasteiger partial charge in [0, 0.05) is 49.9 Å². The maximum absolute atomic E-state index is 12.6. The summed E-state index contributed by atoms with van der Waals surface area (Å²) in [5.41, 5.74) is 2.98. The Morgan fingerprint density at radius 1 is 1.07 bits per heavy atom. The van der Waals surface area contributed by atoms with Crippen LogP contribution in [0.2, 0.25) is 0 Å². The highest BCUT2D eigenvalue weighted by atomic mass is 16.5. The van der Waals surface area contributed by atoms with E-state index in [1.165, 1.54) is 16.4 Å². The molecular formula is C33H37N7O5. The van der Waals surface area contributed by atoms with Crippen LogP contribution in [0, 0.1) is 11.3 Å². The van der Waals surface area contributed by atoms with Gasteiger partial charge < -0.3 is 29.3 Å². The minimum Gasteiger partial charge on any atom is -0.465 e. The van der Waals surface area contributed by atoms with E-state index < -0.39 is 12.1 Å². The van der Waals surface area contributed by atoms with Gasteiger partial charge >= 0.3 is 12.1 Å². The predicted octanol–water partition coefficient (Wildman–Crippen LogP) is 3.46. The highest BCUT2D eigenvalue weighted by molar-refractivity contribution is 5.94. The van der Waals surface area contributed by atoms with Crippen molar-refractivity contribution in [2.75, 3.05) is 56.2 Å². The standard InChI is InChI=1S/C33H37N7O5/c1-3-30(41)39-16-15-38(18-23(39)11-13-34)31-27-12-14-37(29-10-6-8-22-7-4-5-9-26(22)29)20-28(27)35-32(36-31)45-21-24-17-25(44-2)19-40(24)33(42)43/h3-10,23-25H,1,11-12,14-21H2,2H3,(H,42,43)/t23?,24-,25+/m0/s1. The number of benzene rings is 2. The molecule has 1 aromatic heterocycles. The van der Waals surface area contributed by atoms with Gasteiger partial charge in [-0.2, -0.15) is 15.2 Å². The van der Waals surface area contributed by atoms with Crippen LogP contribution in [0.25, 0.3) is 10.8 Å². The Balaban J connectivity index is 1.32. The molecule has 1 unspecified atom stereocenters. The number of likely N-dealkylation sites (tertiary alicyclic amines) is 1. The molecular weight excluding hydrogens is 574 g/mol.